The zero-order valence-electron chi connectivity index (χ0n) is 7.88. The van der Waals surface area contributed by atoms with E-state index in [0.717, 1.165) is 30.5 Å². The summed E-state index contributed by atoms with van der Waals surface area (Å²) in [5.41, 5.74) is 0.256. The third-order valence-corrected chi connectivity index (χ3v) is 2.59. The van der Waals surface area contributed by atoms with Crippen LogP contribution in [0.1, 0.15) is 29.9 Å². The molecule has 1 fully saturated rings. The highest BCUT2D eigenvalue weighted by Crippen LogP contribution is 2.41. The Hall–Kier alpha value is -1.44. The number of nitrogens with zero attached hydrogens (tertiary/aromatic N) is 1. The van der Waals surface area contributed by atoms with Crippen molar-refractivity contribution < 1.29 is 12.9 Å². The van der Waals surface area contributed by atoms with E-state index in [1.807, 2.05) is 6.07 Å². The molecule has 1 aliphatic rings. The van der Waals surface area contributed by atoms with Crippen LogP contribution < -0.4 is 5.46 Å². The molecule has 0 unspecified atom stereocenters. The molecule has 1 aliphatic carbocycles. The molecule has 1 aromatic carbocycles. The first-order valence-electron chi connectivity index (χ1n) is 4.76. The maximum atomic E-state index is 12.4. The molecule has 0 spiro atoms. The first-order chi connectivity index (χ1) is 7.02. The number of hydrogen-bond donors (Lipinski definition) is 0. The topological polar surface area (TPSA) is 23.8 Å². The highest BCUT2D eigenvalue weighted by Gasteiger charge is 2.29. The second kappa shape index (κ2) is 3.30. The minimum Gasteiger partial charge on any atom is -0.445 e. The van der Waals surface area contributed by atoms with Crippen molar-refractivity contribution in [2.75, 3.05) is 0 Å². The molecular weight excluding hydrogens is 202 g/mol. The van der Waals surface area contributed by atoms with E-state index >= 15 is 0 Å². The Kier molecular flexibility index (Phi) is 2.22. The van der Waals surface area contributed by atoms with E-state index in [1.54, 1.807) is 0 Å². The fraction of sp³-hybridized carbons (Fsp3) is 0.300. The second-order valence-electron chi connectivity index (χ2n) is 3.81. The molecule has 1 aromatic rings. The lowest BCUT2D eigenvalue weighted by molar-refractivity contribution is 0.501. The summed E-state index contributed by atoms with van der Waals surface area (Å²) in [4.78, 5) is 0. The van der Waals surface area contributed by atoms with E-state index in [1.165, 1.54) is 6.07 Å². The smallest absolute Gasteiger partial charge is 0.445 e. The van der Waals surface area contributed by atoms with E-state index in [9.17, 15) is 12.9 Å². The molecule has 0 atom stereocenters. The molecule has 0 saturated heterocycles. The fourth-order valence-corrected chi connectivity index (χ4v) is 1.62. The van der Waals surface area contributed by atoms with Crippen LogP contribution in [0.2, 0.25) is 0 Å². The molecule has 0 heterocycles. The maximum absolute atomic E-state index is 12.4. The average Bonchev–Trinajstić information content (AvgIpc) is 2.98. The van der Waals surface area contributed by atoms with Crippen molar-refractivity contribution in [3.63, 3.8) is 0 Å². The Labute approximate surface area is 85.6 Å². The van der Waals surface area contributed by atoms with Gasteiger partial charge in [-0.05, 0) is 24.3 Å². The van der Waals surface area contributed by atoms with Gasteiger partial charge in [0.1, 0.15) is 0 Å². The van der Waals surface area contributed by atoms with Gasteiger partial charge in [0.15, 0.2) is 0 Å². The SMILES string of the molecule is N#Cc1cc([B-](F)(F)F)ccc1C1CC1. The van der Waals surface area contributed by atoms with Gasteiger partial charge in [0.05, 0.1) is 11.6 Å². The number of hydrogen-bond acceptors (Lipinski definition) is 1. The Morgan fingerprint density at radius 3 is 2.40 bits per heavy atom. The summed E-state index contributed by atoms with van der Waals surface area (Å²) in [7, 11) is 0. The fourth-order valence-electron chi connectivity index (χ4n) is 1.62. The third kappa shape index (κ3) is 1.99. The normalized spacial score (nSPS) is 16.1. The lowest BCUT2D eigenvalue weighted by Gasteiger charge is -2.16. The highest BCUT2D eigenvalue weighted by molar-refractivity contribution is 6.73. The molecule has 5 heteroatoms. The molecule has 15 heavy (non-hydrogen) atoms. The quantitative estimate of drug-likeness (QED) is 0.687. The van der Waals surface area contributed by atoms with Crippen LogP contribution in [0.5, 0.6) is 0 Å². The molecule has 0 N–H and O–H groups in total. The lowest BCUT2D eigenvalue weighted by Crippen LogP contribution is -2.34. The highest BCUT2D eigenvalue weighted by atomic mass is 19.4. The minimum atomic E-state index is -5.00. The Morgan fingerprint density at radius 1 is 1.27 bits per heavy atom. The van der Waals surface area contributed by atoms with Gasteiger partial charge in [-0.3, -0.25) is 0 Å². The summed E-state index contributed by atoms with van der Waals surface area (Å²) >= 11 is 0. The number of rotatable bonds is 2. The van der Waals surface area contributed by atoms with Crippen LogP contribution in [0, 0.1) is 11.3 Å². The summed E-state index contributed by atoms with van der Waals surface area (Å²) in [6, 6.07) is 5.33. The summed E-state index contributed by atoms with van der Waals surface area (Å²) < 4.78 is 37.2. The summed E-state index contributed by atoms with van der Waals surface area (Å²) in [5, 5.41) is 8.77. The first kappa shape index (κ1) is 10.1. The van der Waals surface area contributed by atoms with Gasteiger partial charge in [0.2, 0.25) is 0 Å². The zero-order chi connectivity index (χ0) is 11.1. The summed E-state index contributed by atoms with van der Waals surface area (Å²) in [5.74, 6) is 0.300. The van der Waals surface area contributed by atoms with Gasteiger partial charge in [-0.25, -0.2) is 0 Å². The van der Waals surface area contributed by atoms with Crippen LogP contribution in [-0.4, -0.2) is 6.98 Å². The molecule has 0 bridgehead atoms. The molecular formula is C10H8BF3N-. The zero-order valence-corrected chi connectivity index (χ0v) is 7.88. The van der Waals surface area contributed by atoms with Crippen molar-refractivity contribution in [2.45, 2.75) is 18.8 Å². The van der Waals surface area contributed by atoms with Crippen molar-refractivity contribution >= 4 is 12.4 Å². The van der Waals surface area contributed by atoms with Gasteiger partial charge < -0.3 is 12.9 Å². The summed E-state index contributed by atoms with van der Waals surface area (Å²) in [6.45, 7) is -5.00. The van der Waals surface area contributed by atoms with Gasteiger partial charge in [-0.2, -0.15) is 5.26 Å². The Balaban J connectivity index is 2.44. The molecule has 1 nitrogen and oxygen atoms in total. The molecule has 0 aromatic heterocycles. The molecule has 2 rings (SSSR count). The molecule has 0 radical (unpaired) electrons. The predicted molar refractivity (Wildman–Crippen MR) is 51.8 cm³/mol. The van der Waals surface area contributed by atoms with Crippen molar-refractivity contribution in [3.8, 4) is 6.07 Å². The number of nitriles is 1. The average molecular weight is 210 g/mol. The summed E-state index contributed by atoms with van der Waals surface area (Å²) in [6.07, 6.45) is 1.95. The van der Waals surface area contributed by atoms with Crippen LogP contribution in [0.25, 0.3) is 0 Å². The second-order valence-corrected chi connectivity index (χ2v) is 3.81. The maximum Gasteiger partial charge on any atom is 0.509 e. The van der Waals surface area contributed by atoms with Crippen LogP contribution in [0.3, 0.4) is 0 Å². The van der Waals surface area contributed by atoms with E-state index in [0.29, 0.717) is 5.92 Å². The van der Waals surface area contributed by atoms with Crippen molar-refractivity contribution in [3.05, 3.63) is 29.3 Å². The van der Waals surface area contributed by atoms with Crippen LogP contribution in [0.4, 0.5) is 12.9 Å². The van der Waals surface area contributed by atoms with Crippen LogP contribution >= 0.6 is 0 Å². The van der Waals surface area contributed by atoms with E-state index < -0.39 is 12.4 Å². The Morgan fingerprint density at radius 2 is 1.93 bits per heavy atom. The van der Waals surface area contributed by atoms with Crippen molar-refractivity contribution in [2.24, 2.45) is 0 Å². The third-order valence-electron chi connectivity index (χ3n) is 2.59. The lowest BCUT2D eigenvalue weighted by atomic mass is 9.78. The molecule has 78 valence electrons. The monoisotopic (exact) mass is 210 g/mol. The van der Waals surface area contributed by atoms with Gasteiger partial charge in [-0.15, -0.1) is 5.46 Å². The number of halogens is 3. The van der Waals surface area contributed by atoms with Gasteiger partial charge in [-0.1, -0.05) is 18.2 Å². The van der Waals surface area contributed by atoms with Gasteiger partial charge in [0, 0.05) is 0 Å². The standard InChI is InChI=1S/C10H8BF3N/c12-11(13,14)9-3-4-10(7-1-2-7)8(5-9)6-15/h3-5,7H,1-2H2/q-1. The van der Waals surface area contributed by atoms with Gasteiger partial charge in [0.25, 0.3) is 0 Å². The number of benzene rings is 1. The molecule has 0 amide bonds. The van der Waals surface area contributed by atoms with E-state index in [2.05, 4.69) is 0 Å². The molecule has 0 aliphatic heterocycles. The van der Waals surface area contributed by atoms with Crippen LogP contribution in [0.15, 0.2) is 18.2 Å². The van der Waals surface area contributed by atoms with Crippen molar-refractivity contribution in [1.82, 2.24) is 0 Å². The van der Waals surface area contributed by atoms with Gasteiger partial charge >= 0.3 is 6.98 Å². The molecule has 1 saturated carbocycles. The van der Waals surface area contributed by atoms with E-state index in [-0.39, 0.29) is 5.56 Å². The predicted octanol–water partition coefficient (Wildman–Crippen LogP) is 2.49. The first-order valence-corrected chi connectivity index (χ1v) is 4.76. The van der Waals surface area contributed by atoms with Crippen molar-refractivity contribution in [1.29, 1.82) is 5.26 Å². The van der Waals surface area contributed by atoms with Crippen LogP contribution in [-0.2, 0) is 0 Å². The minimum absolute atomic E-state index is 0.175. The van der Waals surface area contributed by atoms with E-state index in [4.69, 9.17) is 5.26 Å². The largest absolute Gasteiger partial charge is 0.509 e. The Bertz CT molecular complexity index is 429.